The van der Waals surface area contributed by atoms with Crippen molar-refractivity contribution in [1.29, 1.82) is 0 Å². The van der Waals surface area contributed by atoms with Crippen LogP contribution in [0, 0.1) is 0 Å². The van der Waals surface area contributed by atoms with Crippen LogP contribution in [-0.4, -0.2) is 11.1 Å². The van der Waals surface area contributed by atoms with E-state index < -0.39 is 0 Å². The third-order valence-electron chi connectivity index (χ3n) is 4.55. The average Bonchev–Trinajstić information content (AvgIpc) is 2.55. The molecule has 3 heteroatoms. The predicted molar refractivity (Wildman–Crippen MR) is 84.4 cm³/mol. The van der Waals surface area contributed by atoms with E-state index in [1.54, 1.807) is 5.48 Å². The van der Waals surface area contributed by atoms with Gasteiger partial charge < -0.3 is 0 Å². The fraction of sp³-hybridized carbons (Fsp3) is 0.611. The topological polar surface area (TPSA) is 49.3 Å². The standard InChI is InChI=1S/C18H27NO2/c20-18(19-21)10-6-1-3-7-15-11-13-17(14-12-15)16-8-4-2-5-9-16/h11-14,16,21H,1-10H2,(H,19,20). The van der Waals surface area contributed by atoms with Gasteiger partial charge in [-0.25, -0.2) is 5.48 Å². The van der Waals surface area contributed by atoms with Crippen molar-refractivity contribution in [3.05, 3.63) is 35.4 Å². The number of hydrogen-bond donors (Lipinski definition) is 2. The number of hydrogen-bond acceptors (Lipinski definition) is 2. The summed E-state index contributed by atoms with van der Waals surface area (Å²) < 4.78 is 0. The van der Waals surface area contributed by atoms with E-state index in [4.69, 9.17) is 5.21 Å². The molecule has 0 aliphatic heterocycles. The Morgan fingerprint density at radius 2 is 1.76 bits per heavy atom. The number of rotatable bonds is 7. The molecule has 0 spiro atoms. The van der Waals surface area contributed by atoms with Crippen LogP contribution >= 0.6 is 0 Å². The summed E-state index contributed by atoms with van der Waals surface area (Å²) in [7, 11) is 0. The van der Waals surface area contributed by atoms with E-state index >= 15 is 0 Å². The summed E-state index contributed by atoms with van der Waals surface area (Å²) in [6.07, 6.45) is 11.3. The summed E-state index contributed by atoms with van der Waals surface area (Å²) in [6.45, 7) is 0. The van der Waals surface area contributed by atoms with Gasteiger partial charge in [0.1, 0.15) is 0 Å². The number of aryl methyl sites for hydroxylation is 1. The van der Waals surface area contributed by atoms with Gasteiger partial charge in [-0.1, -0.05) is 49.9 Å². The molecule has 116 valence electrons. The maximum Gasteiger partial charge on any atom is 0.243 e. The van der Waals surface area contributed by atoms with Crippen LogP contribution in [-0.2, 0) is 11.2 Å². The summed E-state index contributed by atoms with van der Waals surface area (Å²) in [5.74, 6) is 0.497. The molecule has 1 aliphatic carbocycles. The van der Waals surface area contributed by atoms with Gasteiger partial charge in [-0.2, -0.15) is 0 Å². The maximum absolute atomic E-state index is 10.9. The van der Waals surface area contributed by atoms with Crippen LogP contribution in [0.3, 0.4) is 0 Å². The Bertz CT molecular complexity index is 421. The third kappa shape index (κ3) is 5.50. The van der Waals surface area contributed by atoms with E-state index in [0.717, 1.165) is 31.6 Å². The van der Waals surface area contributed by atoms with Gasteiger partial charge >= 0.3 is 0 Å². The van der Waals surface area contributed by atoms with Crippen molar-refractivity contribution < 1.29 is 10.0 Å². The summed E-state index contributed by atoms with van der Waals surface area (Å²) in [4.78, 5) is 10.9. The SMILES string of the molecule is O=C(CCCCCc1ccc(C2CCCCC2)cc1)NO. The van der Waals surface area contributed by atoms with Crippen LogP contribution < -0.4 is 5.48 Å². The second-order valence-corrected chi connectivity index (χ2v) is 6.17. The first-order valence-corrected chi connectivity index (χ1v) is 8.31. The number of benzene rings is 1. The van der Waals surface area contributed by atoms with Gasteiger partial charge in [-0.05, 0) is 49.1 Å². The average molecular weight is 289 g/mol. The van der Waals surface area contributed by atoms with Gasteiger partial charge in [-0.3, -0.25) is 10.0 Å². The lowest BCUT2D eigenvalue weighted by atomic mass is 9.84. The fourth-order valence-corrected chi connectivity index (χ4v) is 3.24. The monoisotopic (exact) mass is 289 g/mol. The van der Waals surface area contributed by atoms with Crippen molar-refractivity contribution >= 4 is 5.91 Å². The number of carbonyl (C=O) groups is 1. The molecular formula is C18H27NO2. The summed E-state index contributed by atoms with van der Waals surface area (Å²) >= 11 is 0. The molecule has 0 atom stereocenters. The molecule has 0 bridgehead atoms. The van der Waals surface area contributed by atoms with Crippen molar-refractivity contribution in [3.8, 4) is 0 Å². The molecule has 1 aromatic carbocycles. The largest absolute Gasteiger partial charge is 0.289 e. The van der Waals surface area contributed by atoms with Crippen LogP contribution in [0.15, 0.2) is 24.3 Å². The van der Waals surface area contributed by atoms with Crippen LogP contribution in [0.4, 0.5) is 0 Å². The molecule has 1 aliphatic rings. The normalized spacial score (nSPS) is 15.9. The molecule has 2 rings (SSSR count). The highest BCUT2D eigenvalue weighted by Gasteiger charge is 2.14. The van der Waals surface area contributed by atoms with Gasteiger partial charge in [0.05, 0.1) is 0 Å². The highest BCUT2D eigenvalue weighted by Crippen LogP contribution is 2.32. The number of unbranched alkanes of at least 4 members (excludes halogenated alkanes) is 2. The molecule has 1 aromatic rings. The minimum absolute atomic E-state index is 0.285. The second-order valence-electron chi connectivity index (χ2n) is 6.17. The predicted octanol–water partition coefficient (Wildman–Crippen LogP) is 4.34. The Morgan fingerprint density at radius 1 is 1.05 bits per heavy atom. The van der Waals surface area contributed by atoms with Gasteiger partial charge in [0.25, 0.3) is 0 Å². The lowest BCUT2D eigenvalue weighted by molar-refractivity contribution is -0.129. The van der Waals surface area contributed by atoms with E-state index in [2.05, 4.69) is 24.3 Å². The molecular weight excluding hydrogens is 262 g/mol. The molecule has 0 aromatic heterocycles. The van der Waals surface area contributed by atoms with Gasteiger partial charge in [-0.15, -0.1) is 0 Å². The molecule has 1 amide bonds. The fourth-order valence-electron chi connectivity index (χ4n) is 3.24. The van der Waals surface area contributed by atoms with Crippen molar-refractivity contribution in [2.75, 3.05) is 0 Å². The van der Waals surface area contributed by atoms with Gasteiger partial charge in [0.15, 0.2) is 0 Å². The molecule has 1 fully saturated rings. The highest BCUT2D eigenvalue weighted by atomic mass is 16.5. The second kappa shape index (κ2) is 8.83. The Morgan fingerprint density at radius 3 is 2.43 bits per heavy atom. The van der Waals surface area contributed by atoms with Crippen LogP contribution in [0.5, 0.6) is 0 Å². The number of carbonyl (C=O) groups excluding carboxylic acids is 1. The lowest BCUT2D eigenvalue weighted by Gasteiger charge is -2.22. The molecule has 0 heterocycles. The maximum atomic E-state index is 10.9. The minimum Gasteiger partial charge on any atom is -0.289 e. The van der Waals surface area contributed by atoms with E-state index in [1.165, 1.54) is 43.2 Å². The van der Waals surface area contributed by atoms with Crippen LogP contribution in [0.2, 0.25) is 0 Å². The van der Waals surface area contributed by atoms with Crippen LogP contribution in [0.25, 0.3) is 0 Å². The number of nitrogens with one attached hydrogen (secondary N) is 1. The number of amides is 1. The Kier molecular flexibility index (Phi) is 6.74. The molecule has 2 N–H and O–H groups in total. The Hall–Kier alpha value is -1.35. The number of hydroxylamine groups is 1. The molecule has 0 saturated heterocycles. The quantitative estimate of drug-likeness (QED) is 0.445. The van der Waals surface area contributed by atoms with Crippen LogP contribution in [0.1, 0.15) is 74.8 Å². The van der Waals surface area contributed by atoms with Crippen molar-refractivity contribution in [1.82, 2.24) is 5.48 Å². The summed E-state index contributed by atoms with van der Waals surface area (Å²) in [5, 5.41) is 8.40. The first kappa shape index (κ1) is 16.0. The Labute approximate surface area is 127 Å². The van der Waals surface area contributed by atoms with Crippen molar-refractivity contribution in [2.24, 2.45) is 0 Å². The zero-order chi connectivity index (χ0) is 14.9. The Balaban J connectivity index is 1.68. The molecule has 21 heavy (non-hydrogen) atoms. The summed E-state index contributed by atoms with van der Waals surface area (Å²) in [6, 6.07) is 9.16. The van der Waals surface area contributed by atoms with E-state index in [1.807, 2.05) is 0 Å². The molecule has 3 nitrogen and oxygen atoms in total. The van der Waals surface area contributed by atoms with E-state index in [0.29, 0.717) is 6.42 Å². The molecule has 0 radical (unpaired) electrons. The first-order valence-electron chi connectivity index (χ1n) is 8.31. The lowest BCUT2D eigenvalue weighted by Crippen LogP contribution is -2.17. The summed E-state index contributed by atoms with van der Waals surface area (Å²) in [5.41, 5.74) is 4.57. The van der Waals surface area contributed by atoms with E-state index in [-0.39, 0.29) is 5.91 Å². The minimum atomic E-state index is -0.285. The zero-order valence-corrected chi connectivity index (χ0v) is 12.8. The highest BCUT2D eigenvalue weighted by molar-refractivity contribution is 5.74. The first-order chi connectivity index (χ1) is 10.3. The van der Waals surface area contributed by atoms with Crippen molar-refractivity contribution in [2.45, 2.75) is 70.1 Å². The third-order valence-corrected chi connectivity index (χ3v) is 4.55. The van der Waals surface area contributed by atoms with E-state index in [9.17, 15) is 4.79 Å². The van der Waals surface area contributed by atoms with Crippen molar-refractivity contribution in [3.63, 3.8) is 0 Å². The van der Waals surface area contributed by atoms with Gasteiger partial charge in [0.2, 0.25) is 5.91 Å². The molecule has 0 unspecified atom stereocenters. The van der Waals surface area contributed by atoms with Gasteiger partial charge in [0, 0.05) is 6.42 Å². The zero-order valence-electron chi connectivity index (χ0n) is 12.8. The molecule has 1 saturated carbocycles. The smallest absolute Gasteiger partial charge is 0.243 e.